The van der Waals surface area contributed by atoms with Crippen molar-refractivity contribution < 1.29 is 19.1 Å². The molecule has 31 heavy (non-hydrogen) atoms. The number of aliphatic imine (C=N–C) groups is 1. The van der Waals surface area contributed by atoms with Crippen LogP contribution in [0.5, 0.6) is 11.5 Å². The topological polar surface area (TPSA) is 129 Å². The van der Waals surface area contributed by atoms with E-state index < -0.39 is 11.8 Å². The van der Waals surface area contributed by atoms with Gasteiger partial charge in [-0.25, -0.2) is 0 Å². The Labute approximate surface area is 182 Å². The second-order valence-electron chi connectivity index (χ2n) is 6.71. The third-order valence-corrected chi connectivity index (χ3v) is 4.77. The summed E-state index contributed by atoms with van der Waals surface area (Å²) in [6, 6.07) is 4.43. The van der Waals surface area contributed by atoms with Gasteiger partial charge in [-0.2, -0.15) is 0 Å². The molecule has 0 saturated carbocycles. The molecule has 1 aliphatic carbocycles. The minimum absolute atomic E-state index is 0.0138. The molecule has 1 aliphatic rings. The van der Waals surface area contributed by atoms with Crippen molar-refractivity contribution in [1.82, 2.24) is 0 Å². The largest absolute Gasteiger partial charge is 0.497 e. The van der Waals surface area contributed by atoms with Crippen molar-refractivity contribution in [3.63, 3.8) is 0 Å². The lowest BCUT2D eigenvalue weighted by molar-refractivity contribution is -0.116. The molecule has 1 aromatic carbocycles. The molecule has 0 aromatic heterocycles. The second-order valence-corrected chi connectivity index (χ2v) is 6.71. The molecule has 1 aromatic rings. The number of nitrogens with one attached hydrogen (secondary N) is 1. The third kappa shape index (κ3) is 5.85. The van der Waals surface area contributed by atoms with Crippen molar-refractivity contribution in [2.45, 2.75) is 18.9 Å². The summed E-state index contributed by atoms with van der Waals surface area (Å²) in [6.45, 7) is 0. The third-order valence-electron chi connectivity index (χ3n) is 4.77. The summed E-state index contributed by atoms with van der Waals surface area (Å²) in [6.07, 6.45) is 10.3. The van der Waals surface area contributed by atoms with E-state index in [0.29, 0.717) is 29.9 Å². The maximum absolute atomic E-state index is 13.4. The summed E-state index contributed by atoms with van der Waals surface area (Å²) in [5.74, 6) is 0.680. The highest BCUT2D eigenvalue weighted by atomic mass is 16.5. The number of carbonyl (C=O) groups is 2. The van der Waals surface area contributed by atoms with Crippen LogP contribution in [0.1, 0.15) is 12.8 Å². The Bertz CT molecular complexity index is 952. The zero-order valence-corrected chi connectivity index (χ0v) is 17.9. The fourth-order valence-corrected chi connectivity index (χ4v) is 3.16. The molecule has 0 saturated heterocycles. The van der Waals surface area contributed by atoms with Crippen molar-refractivity contribution in [2.75, 3.05) is 26.6 Å². The molecule has 0 radical (unpaired) electrons. The van der Waals surface area contributed by atoms with Gasteiger partial charge in [0.2, 0.25) is 5.78 Å². The molecule has 164 valence electrons. The molecule has 0 amide bonds. The Morgan fingerprint density at radius 2 is 1.90 bits per heavy atom. The van der Waals surface area contributed by atoms with Crippen molar-refractivity contribution in [1.29, 1.82) is 0 Å². The van der Waals surface area contributed by atoms with E-state index in [1.54, 1.807) is 32.4 Å². The summed E-state index contributed by atoms with van der Waals surface area (Å²) in [5, 5.41) is 3.22. The number of hydrogen-bond acceptors (Lipinski definition) is 8. The number of benzene rings is 1. The molecule has 0 aliphatic heterocycles. The van der Waals surface area contributed by atoms with E-state index in [1.165, 1.54) is 19.5 Å². The first-order valence-electron chi connectivity index (χ1n) is 9.67. The number of carbonyl (C=O) groups excluding carboxylic acids is 2. The minimum Gasteiger partial charge on any atom is -0.497 e. The zero-order chi connectivity index (χ0) is 22.8. The van der Waals surface area contributed by atoms with Gasteiger partial charge in [0, 0.05) is 48.9 Å². The smallest absolute Gasteiger partial charge is 0.205 e. The van der Waals surface area contributed by atoms with E-state index in [0.717, 1.165) is 12.0 Å². The molecule has 5 N–H and O–H groups in total. The maximum Gasteiger partial charge on any atom is 0.205 e. The number of aldehydes is 1. The van der Waals surface area contributed by atoms with Crippen LogP contribution in [-0.2, 0) is 9.59 Å². The Morgan fingerprint density at radius 3 is 2.39 bits per heavy atom. The van der Waals surface area contributed by atoms with Crippen LogP contribution in [0, 0.1) is 0 Å². The Balaban J connectivity index is 2.53. The summed E-state index contributed by atoms with van der Waals surface area (Å²) in [4.78, 5) is 29.0. The van der Waals surface area contributed by atoms with Gasteiger partial charge < -0.3 is 26.3 Å². The minimum atomic E-state index is -0.797. The highest BCUT2D eigenvalue weighted by molar-refractivity contribution is 6.10. The normalized spacial score (nSPS) is 15.7. The summed E-state index contributed by atoms with van der Waals surface area (Å²) < 4.78 is 10.6. The molecule has 1 atom stereocenters. The van der Waals surface area contributed by atoms with Gasteiger partial charge >= 0.3 is 0 Å². The first-order valence-corrected chi connectivity index (χ1v) is 9.67. The molecular formula is C23H28N4O4. The number of methoxy groups -OCH3 is 2. The van der Waals surface area contributed by atoms with E-state index in [2.05, 4.69) is 10.3 Å². The van der Waals surface area contributed by atoms with Crippen LogP contribution in [0.15, 0.2) is 70.0 Å². The number of allylic oxidation sites excluding steroid dienone is 5. The number of ketones is 1. The van der Waals surface area contributed by atoms with Crippen molar-refractivity contribution in [2.24, 2.45) is 16.5 Å². The molecule has 0 bridgehead atoms. The number of hydrogen-bond donors (Lipinski definition) is 3. The fourth-order valence-electron chi connectivity index (χ4n) is 3.16. The van der Waals surface area contributed by atoms with Gasteiger partial charge in [-0.3, -0.25) is 14.6 Å². The number of ether oxygens (including phenoxy) is 2. The molecular weight excluding hydrogens is 396 g/mol. The first-order chi connectivity index (χ1) is 15.0. The van der Waals surface area contributed by atoms with E-state index in [1.807, 2.05) is 18.2 Å². The predicted octanol–water partition coefficient (Wildman–Crippen LogP) is 2.28. The lowest BCUT2D eigenvalue weighted by atomic mass is 9.91. The summed E-state index contributed by atoms with van der Waals surface area (Å²) in [5.41, 5.74) is 13.3. The monoisotopic (exact) mass is 424 g/mol. The number of rotatable bonds is 10. The molecule has 8 nitrogen and oxygen atoms in total. The van der Waals surface area contributed by atoms with E-state index >= 15 is 0 Å². The highest BCUT2D eigenvalue weighted by Gasteiger charge is 2.27. The second kappa shape index (κ2) is 11.4. The zero-order valence-electron chi connectivity index (χ0n) is 17.9. The van der Waals surface area contributed by atoms with Crippen LogP contribution in [0.25, 0.3) is 0 Å². The Kier molecular flexibility index (Phi) is 8.63. The lowest BCUT2D eigenvalue weighted by Crippen LogP contribution is -2.36. The predicted molar refractivity (Wildman–Crippen MR) is 122 cm³/mol. The molecule has 0 fully saturated rings. The molecule has 1 unspecified atom stereocenters. The number of nitrogens with two attached hydrogens (primary N) is 2. The van der Waals surface area contributed by atoms with Gasteiger partial charge in [0.15, 0.2) is 6.29 Å². The average molecular weight is 425 g/mol. The number of anilines is 1. The van der Waals surface area contributed by atoms with E-state index in [-0.39, 0.29) is 16.8 Å². The van der Waals surface area contributed by atoms with Gasteiger partial charge in [0.05, 0.1) is 25.5 Å². The number of nitrogens with zero attached hydrogens (tertiary/aromatic N) is 1. The highest BCUT2D eigenvalue weighted by Crippen LogP contribution is 2.29. The lowest BCUT2D eigenvalue weighted by Gasteiger charge is -2.24. The van der Waals surface area contributed by atoms with Gasteiger partial charge in [-0.15, -0.1) is 0 Å². The van der Waals surface area contributed by atoms with Crippen LogP contribution in [0.3, 0.4) is 0 Å². The van der Waals surface area contributed by atoms with Crippen molar-refractivity contribution >= 4 is 24.0 Å². The standard InChI is InChI=1S/C23H28N4O4/c1-26-13-16(12-24)20(14-28)21(25)23(29)22(15-7-5-4-6-8-15)27-17-9-18(30-2)11-19(10-17)31-3/h4-5,7,9-14,22,27H,6,8,24-25H2,1-3H3. The molecule has 8 heteroatoms. The first kappa shape index (κ1) is 23.5. The molecule has 0 spiro atoms. The van der Waals surface area contributed by atoms with Gasteiger partial charge in [-0.05, 0) is 18.4 Å². The Morgan fingerprint density at radius 1 is 1.23 bits per heavy atom. The van der Waals surface area contributed by atoms with Crippen molar-refractivity contribution in [3.05, 3.63) is 65.0 Å². The summed E-state index contributed by atoms with van der Waals surface area (Å²) >= 11 is 0. The van der Waals surface area contributed by atoms with Gasteiger partial charge in [0.1, 0.15) is 17.5 Å². The van der Waals surface area contributed by atoms with E-state index in [9.17, 15) is 9.59 Å². The van der Waals surface area contributed by atoms with Crippen LogP contribution >= 0.6 is 0 Å². The summed E-state index contributed by atoms with van der Waals surface area (Å²) in [7, 11) is 4.62. The van der Waals surface area contributed by atoms with Crippen LogP contribution in [-0.4, -0.2) is 45.6 Å². The number of Topliss-reactive ketones (excluding diaryl/α,β-unsaturated/α-hetero) is 1. The van der Waals surface area contributed by atoms with Crippen LogP contribution in [0.2, 0.25) is 0 Å². The van der Waals surface area contributed by atoms with Crippen molar-refractivity contribution in [3.8, 4) is 11.5 Å². The Hall–Kier alpha value is -3.81. The van der Waals surface area contributed by atoms with Crippen LogP contribution < -0.4 is 26.3 Å². The molecule has 2 rings (SSSR count). The quantitative estimate of drug-likeness (QED) is 0.227. The maximum atomic E-state index is 13.4. The SMILES string of the molecule is CN=CC(=CN)C(C=O)=C(N)C(=O)C(Nc1cc(OC)cc(OC)c1)C1=CC=CCC1. The molecule has 0 heterocycles. The van der Waals surface area contributed by atoms with Gasteiger partial charge in [0.25, 0.3) is 0 Å². The van der Waals surface area contributed by atoms with Crippen LogP contribution in [0.4, 0.5) is 5.69 Å². The fraction of sp³-hybridized carbons (Fsp3) is 0.261. The van der Waals surface area contributed by atoms with Gasteiger partial charge in [-0.1, -0.05) is 18.2 Å². The van der Waals surface area contributed by atoms with E-state index in [4.69, 9.17) is 20.9 Å². The average Bonchev–Trinajstić information content (AvgIpc) is 2.81.